The Balaban J connectivity index is 1.39. The lowest BCUT2D eigenvalue weighted by atomic mass is 9.97. The molecule has 1 aliphatic heterocycles. The van der Waals surface area contributed by atoms with Gasteiger partial charge < -0.3 is 34.5 Å². The van der Waals surface area contributed by atoms with Gasteiger partial charge in [0.25, 0.3) is 0 Å². The number of aromatic nitrogens is 2. The molecule has 2 aromatic carbocycles. The summed E-state index contributed by atoms with van der Waals surface area (Å²) >= 11 is 0. The summed E-state index contributed by atoms with van der Waals surface area (Å²) in [6.07, 6.45) is -1.70. The number of rotatable bonds is 10. The number of alkyl halides is 3. The molecule has 0 bridgehead atoms. The van der Waals surface area contributed by atoms with Gasteiger partial charge in [-0.05, 0) is 36.6 Å². The van der Waals surface area contributed by atoms with Gasteiger partial charge >= 0.3 is 6.36 Å². The monoisotopic (exact) mass is 561 g/mol. The smallest absolute Gasteiger partial charge is 0.493 e. The van der Waals surface area contributed by atoms with E-state index in [-0.39, 0.29) is 24.1 Å². The number of halogens is 3. The fourth-order valence-corrected chi connectivity index (χ4v) is 4.45. The Bertz CT molecular complexity index is 1300. The average molecular weight is 562 g/mol. The second-order valence-corrected chi connectivity index (χ2v) is 8.98. The van der Waals surface area contributed by atoms with E-state index in [0.29, 0.717) is 59.8 Å². The molecule has 40 heavy (non-hydrogen) atoms. The van der Waals surface area contributed by atoms with Crippen molar-refractivity contribution in [3.63, 3.8) is 0 Å². The van der Waals surface area contributed by atoms with Gasteiger partial charge in [0.1, 0.15) is 11.6 Å². The number of anilines is 3. The van der Waals surface area contributed by atoms with Crippen molar-refractivity contribution < 1.29 is 36.9 Å². The summed E-state index contributed by atoms with van der Waals surface area (Å²) in [4.78, 5) is 23.9. The van der Waals surface area contributed by atoms with Crippen LogP contribution in [-0.4, -0.2) is 56.7 Å². The fourth-order valence-electron chi connectivity index (χ4n) is 4.45. The van der Waals surface area contributed by atoms with Crippen LogP contribution < -0.4 is 34.5 Å². The average Bonchev–Trinajstić information content (AvgIpc) is 2.94. The van der Waals surface area contributed by atoms with Gasteiger partial charge in [0.2, 0.25) is 17.6 Å². The molecule has 0 saturated carbocycles. The van der Waals surface area contributed by atoms with Crippen LogP contribution in [0.5, 0.6) is 23.0 Å². The second-order valence-electron chi connectivity index (χ2n) is 8.98. The van der Waals surface area contributed by atoms with Crippen LogP contribution in [0, 0.1) is 5.92 Å². The molecule has 3 aromatic rings. The maximum absolute atomic E-state index is 12.9. The lowest BCUT2D eigenvalue weighted by Gasteiger charge is -2.33. The minimum atomic E-state index is -4.78. The molecule has 1 aromatic heterocycles. The van der Waals surface area contributed by atoms with E-state index < -0.39 is 6.36 Å². The number of ether oxygens (including phenoxy) is 4. The number of amides is 1. The Hall–Kier alpha value is -4.42. The molecule has 1 amide bonds. The maximum atomic E-state index is 12.9. The molecular weight excluding hydrogens is 531 g/mol. The number of piperidine rings is 1. The first-order chi connectivity index (χ1) is 19.2. The van der Waals surface area contributed by atoms with Gasteiger partial charge in [-0.25, -0.2) is 4.98 Å². The highest BCUT2D eigenvalue weighted by molar-refractivity contribution is 5.79. The zero-order chi connectivity index (χ0) is 28.7. The standard InChI is InChI=1S/C27H30F3N5O5/c1-37-21-13-19(14-22(38-2)24(21)39-3)33-26-31-10-9-23(34-26)35-11-5-7-18(16-35)25(36)32-15-17-6-4-8-20(12-17)40-27(28,29)30/h4,6,8-10,12-14,18H,5,7,11,15-16H2,1-3H3,(H,32,36)(H,31,33,34)/t18-/m0/s1. The van der Waals surface area contributed by atoms with Gasteiger partial charge in [-0.15, -0.1) is 13.2 Å². The highest BCUT2D eigenvalue weighted by Gasteiger charge is 2.31. The van der Waals surface area contributed by atoms with Crippen LogP contribution in [0.2, 0.25) is 0 Å². The van der Waals surface area contributed by atoms with Crippen LogP contribution >= 0.6 is 0 Å². The third-order valence-electron chi connectivity index (χ3n) is 6.28. The van der Waals surface area contributed by atoms with Crippen LogP contribution in [0.15, 0.2) is 48.7 Å². The van der Waals surface area contributed by atoms with Gasteiger partial charge in [0.05, 0.1) is 27.2 Å². The van der Waals surface area contributed by atoms with Crippen LogP contribution in [0.3, 0.4) is 0 Å². The Morgan fingerprint density at radius 1 is 1.07 bits per heavy atom. The van der Waals surface area contributed by atoms with Crippen molar-refractivity contribution in [2.75, 3.05) is 44.6 Å². The predicted molar refractivity (Wildman–Crippen MR) is 141 cm³/mol. The van der Waals surface area contributed by atoms with Crippen molar-refractivity contribution in [2.45, 2.75) is 25.7 Å². The number of nitrogens with one attached hydrogen (secondary N) is 2. The number of hydrogen-bond acceptors (Lipinski definition) is 9. The van der Waals surface area contributed by atoms with Gasteiger partial charge in [0, 0.05) is 43.7 Å². The lowest BCUT2D eigenvalue weighted by molar-refractivity contribution is -0.274. The molecule has 13 heteroatoms. The number of methoxy groups -OCH3 is 3. The Labute approximate surface area is 229 Å². The zero-order valence-electron chi connectivity index (χ0n) is 22.2. The third kappa shape index (κ3) is 7.36. The normalized spacial score (nSPS) is 15.2. The summed E-state index contributed by atoms with van der Waals surface area (Å²) in [5, 5.41) is 5.98. The first-order valence-corrected chi connectivity index (χ1v) is 12.5. The van der Waals surface area contributed by atoms with Crippen LogP contribution in [0.25, 0.3) is 0 Å². The molecule has 1 saturated heterocycles. The predicted octanol–water partition coefficient (Wildman–Crippen LogP) is 4.68. The van der Waals surface area contributed by atoms with Gasteiger partial charge in [0.15, 0.2) is 11.5 Å². The molecule has 2 heterocycles. The molecular formula is C27H30F3N5O5. The maximum Gasteiger partial charge on any atom is 0.573 e. The van der Waals surface area contributed by atoms with E-state index in [4.69, 9.17) is 14.2 Å². The first-order valence-electron chi connectivity index (χ1n) is 12.5. The molecule has 1 aliphatic rings. The van der Waals surface area contributed by atoms with Crippen molar-refractivity contribution in [3.05, 3.63) is 54.2 Å². The van der Waals surface area contributed by atoms with E-state index >= 15 is 0 Å². The molecule has 214 valence electrons. The van der Waals surface area contributed by atoms with Gasteiger partial charge in [-0.3, -0.25) is 4.79 Å². The SMILES string of the molecule is COc1cc(Nc2nccc(N3CCC[C@H](C(=O)NCc4cccc(OC(F)(F)F)c4)C3)n2)cc(OC)c1OC. The second kappa shape index (κ2) is 12.6. The molecule has 0 aliphatic carbocycles. The molecule has 2 N–H and O–H groups in total. The first kappa shape index (κ1) is 28.6. The molecule has 1 atom stereocenters. The quantitative estimate of drug-likeness (QED) is 0.365. The summed E-state index contributed by atoms with van der Waals surface area (Å²) < 4.78 is 57.6. The lowest BCUT2D eigenvalue weighted by Crippen LogP contribution is -2.43. The van der Waals surface area contributed by atoms with Crippen molar-refractivity contribution in [2.24, 2.45) is 5.92 Å². The summed E-state index contributed by atoms with van der Waals surface area (Å²) in [6.45, 7) is 1.23. The summed E-state index contributed by atoms with van der Waals surface area (Å²) in [7, 11) is 4.58. The minimum Gasteiger partial charge on any atom is -0.493 e. The number of carbonyl (C=O) groups is 1. The largest absolute Gasteiger partial charge is 0.573 e. The van der Waals surface area contributed by atoms with E-state index in [2.05, 4.69) is 25.3 Å². The van der Waals surface area contributed by atoms with Crippen molar-refractivity contribution >= 4 is 23.4 Å². The number of hydrogen-bond donors (Lipinski definition) is 2. The van der Waals surface area contributed by atoms with Crippen molar-refractivity contribution in [1.29, 1.82) is 0 Å². The Kier molecular flexibility index (Phi) is 9.02. The molecule has 10 nitrogen and oxygen atoms in total. The van der Waals surface area contributed by atoms with Crippen molar-refractivity contribution in [3.8, 4) is 23.0 Å². The van der Waals surface area contributed by atoms with E-state index in [1.165, 1.54) is 39.5 Å². The number of nitrogens with zero attached hydrogens (tertiary/aromatic N) is 3. The molecule has 0 radical (unpaired) electrons. The molecule has 1 fully saturated rings. The Morgan fingerprint density at radius 2 is 1.82 bits per heavy atom. The number of carbonyl (C=O) groups excluding carboxylic acids is 1. The third-order valence-corrected chi connectivity index (χ3v) is 6.28. The zero-order valence-corrected chi connectivity index (χ0v) is 22.2. The van der Waals surface area contributed by atoms with E-state index in [1.54, 1.807) is 30.5 Å². The van der Waals surface area contributed by atoms with Gasteiger partial charge in [-0.2, -0.15) is 4.98 Å². The van der Waals surface area contributed by atoms with E-state index in [0.717, 1.165) is 6.42 Å². The highest BCUT2D eigenvalue weighted by atomic mass is 19.4. The van der Waals surface area contributed by atoms with Crippen molar-refractivity contribution in [1.82, 2.24) is 15.3 Å². The highest BCUT2D eigenvalue weighted by Crippen LogP contribution is 2.40. The summed E-state index contributed by atoms with van der Waals surface area (Å²) in [6, 6.07) is 10.8. The summed E-state index contributed by atoms with van der Waals surface area (Å²) in [5.74, 6) is 1.59. The topological polar surface area (TPSA) is 107 Å². The van der Waals surface area contributed by atoms with E-state index in [9.17, 15) is 18.0 Å². The molecule has 0 spiro atoms. The number of benzene rings is 2. The van der Waals surface area contributed by atoms with Gasteiger partial charge in [-0.1, -0.05) is 12.1 Å². The fraction of sp³-hybridized carbons (Fsp3) is 0.370. The molecule has 4 rings (SSSR count). The van der Waals surface area contributed by atoms with E-state index in [1.807, 2.05) is 4.90 Å². The summed E-state index contributed by atoms with van der Waals surface area (Å²) in [5.41, 5.74) is 1.13. The van der Waals surface area contributed by atoms with Crippen LogP contribution in [0.1, 0.15) is 18.4 Å². The minimum absolute atomic E-state index is 0.0841. The molecule has 0 unspecified atom stereocenters. The van der Waals surface area contributed by atoms with Crippen LogP contribution in [-0.2, 0) is 11.3 Å². The Morgan fingerprint density at radius 3 is 2.50 bits per heavy atom. The van der Waals surface area contributed by atoms with Crippen LogP contribution in [0.4, 0.5) is 30.6 Å².